The lowest BCUT2D eigenvalue weighted by Gasteiger charge is -2.26. The molecule has 1 fully saturated rings. The average Bonchev–Trinajstić information content (AvgIpc) is 2.47. The predicted octanol–water partition coefficient (Wildman–Crippen LogP) is 0.259. The summed E-state index contributed by atoms with van der Waals surface area (Å²) in [6.07, 6.45) is 0. The fraction of sp³-hybridized carbons (Fsp3) is 0.357. The molecule has 0 unspecified atom stereocenters. The van der Waals surface area contributed by atoms with Gasteiger partial charge in [-0.05, 0) is 19.1 Å². The van der Waals surface area contributed by atoms with E-state index in [1.54, 1.807) is 24.3 Å². The van der Waals surface area contributed by atoms with Crippen molar-refractivity contribution in [2.24, 2.45) is 0 Å². The quantitative estimate of drug-likeness (QED) is 0.599. The molecule has 20 heavy (non-hydrogen) atoms. The third-order valence-corrected chi connectivity index (χ3v) is 3.13. The summed E-state index contributed by atoms with van der Waals surface area (Å²) in [5, 5.41) is 5.65. The molecule has 0 saturated carbocycles. The van der Waals surface area contributed by atoms with Gasteiger partial charge in [0, 0.05) is 37.4 Å². The van der Waals surface area contributed by atoms with Gasteiger partial charge in [0.05, 0.1) is 0 Å². The SMILES string of the molecule is CC(=O)c1cccc(NC(=O)C(=O)N2CCNCC2)c1. The fourth-order valence-corrected chi connectivity index (χ4v) is 2.01. The van der Waals surface area contributed by atoms with Crippen molar-refractivity contribution in [1.82, 2.24) is 10.2 Å². The number of nitrogens with one attached hydrogen (secondary N) is 2. The molecule has 1 heterocycles. The monoisotopic (exact) mass is 275 g/mol. The number of amides is 2. The number of ketones is 1. The number of carbonyl (C=O) groups is 3. The first kappa shape index (κ1) is 14.2. The summed E-state index contributed by atoms with van der Waals surface area (Å²) in [4.78, 5) is 36.6. The fourth-order valence-electron chi connectivity index (χ4n) is 2.01. The van der Waals surface area contributed by atoms with E-state index in [0.717, 1.165) is 0 Å². The molecule has 1 aliphatic rings. The van der Waals surface area contributed by atoms with Gasteiger partial charge >= 0.3 is 11.8 Å². The van der Waals surface area contributed by atoms with Crippen LogP contribution in [0.5, 0.6) is 0 Å². The number of anilines is 1. The standard InChI is InChI=1S/C14H17N3O3/c1-10(18)11-3-2-4-12(9-11)16-13(19)14(20)17-7-5-15-6-8-17/h2-4,9,15H,5-8H2,1H3,(H,16,19). The van der Waals surface area contributed by atoms with Gasteiger partial charge in [-0.25, -0.2) is 0 Å². The van der Waals surface area contributed by atoms with Crippen LogP contribution in [0.3, 0.4) is 0 Å². The molecular weight excluding hydrogens is 258 g/mol. The molecule has 0 spiro atoms. The number of Topliss-reactive ketones (excluding diaryl/α,β-unsaturated/α-hetero) is 1. The lowest BCUT2D eigenvalue weighted by atomic mass is 10.1. The average molecular weight is 275 g/mol. The van der Waals surface area contributed by atoms with Crippen molar-refractivity contribution in [3.8, 4) is 0 Å². The maximum absolute atomic E-state index is 11.9. The van der Waals surface area contributed by atoms with Gasteiger partial charge in [-0.15, -0.1) is 0 Å². The van der Waals surface area contributed by atoms with E-state index in [-0.39, 0.29) is 5.78 Å². The molecular formula is C14H17N3O3. The van der Waals surface area contributed by atoms with Crippen LogP contribution in [0.25, 0.3) is 0 Å². The maximum Gasteiger partial charge on any atom is 0.313 e. The Balaban J connectivity index is 2.01. The molecule has 2 N–H and O–H groups in total. The second-order valence-corrected chi connectivity index (χ2v) is 4.63. The minimum Gasteiger partial charge on any atom is -0.332 e. The number of benzene rings is 1. The first-order valence-corrected chi connectivity index (χ1v) is 6.50. The van der Waals surface area contributed by atoms with Gasteiger partial charge in [0.2, 0.25) is 0 Å². The summed E-state index contributed by atoms with van der Waals surface area (Å²) >= 11 is 0. The minimum atomic E-state index is -0.674. The Hall–Kier alpha value is -2.21. The molecule has 0 aliphatic carbocycles. The third-order valence-electron chi connectivity index (χ3n) is 3.13. The zero-order chi connectivity index (χ0) is 14.5. The second kappa shape index (κ2) is 6.29. The Morgan fingerprint density at radius 2 is 1.90 bits per heavy atom. The lowest BCUT2D eigenvalue weighted by molar-refractivity contribution is -0.143. The van der Waals surface area contributed by atoms with Crippen molar-refractivity contribution in [3.63, 3.8) is 0 Å². The van der Waals surface area contributed by atoms with Gasteiger partial charge in [0.1, 0.15) is 0 Å². The highest BCUT2D eigenvalue weighted by Gasteiger charge is 2.23. The number of rotatable bonds is 2. The van der Waals surface area contributed by atoms with Gasteiger partial charge in [-0.1, -0.05) is 12.1 Å². The number of carbonyl (C=O) groups excluding carboxylic acids is 3. The van der Waals surface area contributed by atoms with Gasteiger partial charge < -0.3 is 15.5 Å². The normalized spacial score (nSPS) is 14.8. The summed E-state index contributed by atoms with van der Waals surface area (Å²) in [6, 6.07) is 6.54. The second-order valence-electron chi connectivity index (χ2n) is 4.63. The summed E-state index contributed by atoms with van der Waals surface area (Å²) in [5.74, 6) is -1.30. The van der Waals surface area contributed by atoms with E-state index in [4.69, 9.17) is 0 Å². The molecule has 2 amide bonds. The summed E-state index contributed by atoms with van der Waals surface area (Å²) < 4.78 is 0. The maximum atomic E-state index is 11.9. The lowest BCUT2D eigenvalue weighted by Crippen LogP contribution is -2.49. The van der Waals surface area contributed by atoms with E-state index in [2.05, 4.69) is 10.6 Å². The molecule has 0 radical (unpaired) electrons. The smallest absolute Gasteiger partial charge is 0.313 e. The Kier molecular flexibility index (Phi) is 4.47. The number of hydrogen-bond acceptors (Lipinski definition) is 4. The van der Waals surface area contributed by atoms with E-state index in [1.165, 1.54) is 11.8 Å². The Bertz CT molecular complexity index is 536. The molecule has 6 nitrogen and oxygen atoms in total. The van der Waals surface area contributed by atoms with E-state index in [0.29, 0.717) is 37.4 Å². The van der Waals surface area contributed by atoms with Crippen molar-refractivity contribution in [3.05, 3.63) is 29.8 Å². The molecule has 0 atom stereocenters. The van der Waals surface area contributed by atoms with E-state index in [1.807, 2.05) is 0 Å². The van der Waals surface area contributed by atoms with E-state index < -0.39 is 11.8 Å². The van der Waals surface area contributed by atoms with Gasteiger partial charge in [0.25, 0.3) is 0 Å². The van der Waals surface area contributed by atoms with Gasteiger partial charge in [-0.3, -0.25) is 14.4 Å². The first-order valence-electron chi connectivity index (χ1n) is 6.50. The van der Waals surface area contributed by atoms with Crippen LogP contribution < -0.4 is 10.6 Å². The third kappa shape index (κ3) is 3.42. The number of hydrogen-bond donors (Lipinski definition) is 2. The van der Waals surface area contributed by atoms with Crippen molar-refractivity contribution in [2.45, 2.75) is 6.92 Å². The highest BCUT2D eigenvalue weighted by Crippen LogP contribution is 2.11. The Labute approximate surface area is 117 Å². The molecule has 2 rings (SSSR count). The number of piperazine rings is 1. The Morgan fingerprint density at radius 3 is 2.55 bits per heavy atom. The largest absolute Gasteiger partial charge is 0.332 e. The predicted molar refractivity (Wildman–Crippen MR) is 74.5 cm³/mol. The first-order chi connectivity index (χ1) is 9.58. The highest BCUT2D eigenvalue weighted by molar-refractivity contribution is 6.39. The highest BCUT2D eigenvalue weighted by atomic mass is 16.2. The van der Waals surface area contributed by atoms with E-state index in [9.17, 15) is 14.4 Å². The van der Waals surface area contributed by atoms with Crippen molar-refractivity contribution < 1.29 is 14.4 Å². The zero-order valence-electron chi connectivity index (χ0n) is 11.3. The number of nitrogens with zero attached hydrogens (tertiary/aromatic N) is 1. The van der Waals surface area contributed by atoms with Crippen LogP contribution in [-0.4, -0.2) is 48.7 Å². The summed E-state index contributed by atoms with van der Waals surface area (Å²) in [7, 11) is 0. The molecule has 106 valence electrons. The zero-order valence-corrected chi connectivity index (χ0v) is 11.3. The van der Waals surface area contributed by atoms with Crippen molar-refractivity contribution >= 4 is 23.3 Å². The molecule has 6 heteroatoms. The van der Waals surface area contributed by atoms with Crippen LogP contribution in [0.1, 0.15) is 17.3 Å². The van der Waals surface area contributed by atoms with Gasteiger partial charge in [-0.2, -0.15) is 0 Å². The van der Waals surface area contributed by atoms with Crippen molar-refractivity contribution in [2.75, 3.05) is 31.5 Å². The van der Waals surface area contributed by atoms with E-state index >= 15 is 0 Å². The summed E-state index contributed by atoms with van der Waals surface area (Å²) in [5.41, 5.74) is 0.948. The van der Waals surface area contributed by atoms with Crippen LogP contribution in [0.4, 0.5) is 5.69 Å². The van der Waals surface area contributed by atoms with Crippen LogP contribution in [-0.2, 0) is 9.59 Å². The molecule has 1 aliphatic heterocycles. The molecule has 0 bridgehead atoms. The topological polar surface area (TPSA) is 78.5 Å². The molecule has 1 saturated heterocycles. The minimum absolute atomic E-state index is 0.0884. The molecule has 1 aromatic rings. The molecule has 0 aromatic heterocycles. The summed E-state index contributed by atoms with van der Waals surface area (Å²) in [6.45, 7) is 3.89. The van der Waals surface area contributed by atoms with Crippen LogP contribution in [0.2, 0.25) is 0 Å². The van der Waals surface area contributed by atoms with Crippen molar-refractivity contribution in [1.29, 1.82) is 0 Å². The van der Waals surface area contributed by atoms with Crippen LogP contribution in [0, 0.1) is 0 Å². The van der Waals surface area contributed by atoms with Gasteiger partial charge in [0.15, 0.2) is 5.78 Å². The van der Waals surface area contributed by atoms with Crippen LogP contribution in [0.15, 0.2) is 24.3 Å². The van der Waals surface area contributed by atoms with Crippen LogP contribution >= 0.6 is 0 Å². The Morgan fingerprint density at radius 1 is 1.20 bits per heavy atom. The molecule has 1 aromatic carbocycles.